The van der Waals surface area contributed by atoms with E-state index in [-0.39, 0.29) is 17.9 Å². The molecule has 0 aliphatic heterocycles. The van der Waals surface area contributed by atoms with Crippen LogP contribution in [0.1, 0.15) is 33.1 Å². The second kappa shape index (κ2) is 6.57. The Labute approximate surface area is 134 Å². The van der Waals surface area contributed by atoms with E-state index in [0.29, 0.717) is 30.0 Å². The Morgan fingerprint density at radius 3 is 2.68 bits per heavy atom. The summed E-state index contributed by atoms with van der Waals surface area (Å²) in [6.45, 7) is 3.35. The van der Waals surface area contributed by atoms with Crippen molar-refractivity contribution in [2.45, 2.75) is 44.8 Å². The second-order valence-electron chi connectivity index (χ2n) is 6.09. The molecule has 0 spiro atoms. The van der Waals surface area contributed by atoms with Gasteiger partial charge in [0.1, 0.15) is 5.75 Å². The third-order valence-electron chi connectivity index (χ3n) is 3.83. The first kappa shape index (κ1) is 16.6. The fourth-order valence-corrected chi connectivity index (χ4v) is 2.75. The van der Waals surface area contributed by atoms with Crippen molar-refractivity contribution in [1.82, 2.24) is 5.32 Å². The van der Waals surface area contributed by atoms with Crippen molar-refractivity contribution in [1.29, 1.82) is 0 Å². The highest BCUT2D eigenvalue weighted by molar-refractivity contribution is 6.30. The van der Waals surface area contributed by atoms with Crippen molar-refractivity contribution in [3.8, 4) is 5.75 Å². The molecule has 120 valence electrons. The van der Waals surface area contributed by atoms with Gasteiger partial charge < -0.3 is 15.2 Å². The van der Waals surface area contributed by atoms with Crippen molar-refractivity contribution in [3.63, 3.8) is 0 Å². The molecular formula is C16H20ClNO4. The van der Waals surface area contributed by atoms with Crippen LogP contribution in [0.15, 0.2) is 24.3 Å². The van der Waals surface area contributed by atoms with Crippen molar-refractivity contribution in [2.24, 2.45) is 5.92 Å². The normalized spacial score (nSPS) is 21.4. The summed E-state index contributed by atoms with van der Waals surface area (Å²) in [6.07, 6.45) is 1.74. The Morgan fingerprint density at radius 1 is 1.36 bits per heavy atom. The highest BCUT2D eigenvalue weighted by Gasteiger charge is 2.35. The number of carbonyl (C=O) groups is 2. The number of aliphatic carboxylic acids is 1. The Bertz CT molecular complexity index is 573. The molecular weight excluding hydrogens is 306 g/mol. The minimum atomic E-state index is -1.06. The number of carboxylic acids is 1. The number of rotatable bonds is 5. The summed E-state index contributed by atoms with van der Waals surface area (Å²) in [7, 11) is 0. The molecule has 1 aliphatic carbocycles. The average molecular weight is 326 g/mol. The molecule has 6 heteroatoms. The van der Waals surface area contributed by atoms with Crippen molar-refractivity contribution in [2.75, 3.05) is 0 Å². The highest BCUT2D eigenvalue weighted by atomic mass is 35.5. The molecule has 5 nitrogen and oxygen atoms in total. The zero-order chi connectivity index (χ0) is 16.3. The van der Waals surface area contributed by atoms with Crippen LogP contribution in [0.4, 0.5) is 0 Å². The van der Waals surface area contributed by atoms with E-state index in [1.54, 1.807) is 38.1 Å². The van der Waals surface area contributed by atoms with Crippen LogP contribution in [0.25, 0.3) is 0 Å². The minimum Gasteiger partial charge on any atom is -0.481 e. The number of carboxylic acid groups (broad SMARTS) is 1. The maximum Gasteiger partial charge on any atom is 0.306 e. The molecule has 1 aliphatic rings. The molecule has 1 aromatic rings. The van der Waals surface area contributed by atoms with E-state index >= 15 is 0 Å². The van der Waals surface area contributed by atoms with E-state index in [4.69, 9.17) is 21.4 Å². The topological polar surface area (TPSA) is 75.6 Å². The molecule has 2 N–H and O–H groups in total. The number of nitrogens with one attached hydrogen (secondary N) is 1. The largest absolute Gasteiger partial charge is 0.481 e. The Kier molecular flexibility index (Phi) is 4.96. The van der Waals surface area contributed by atoms with E-state index in [0.717, 1.165) is 0 Å². The number of hydrogen-bond donors (Lipinski definition) is 2. The number of ether oxygens (including phenoxy) is 1. The van der Waals surface area contributed by atoms with Gasteiger partial charge in [-0.1, -0.05) is 17.7 Å². The smallest absolute Gasteiger partial charge is 0.306 e. The molecule has 0 radical (unpaired) electrons. The van der Waals surface area contributed by atoms with Gasteiger partial charge in [0, 0.05) is 11.1 Å². The Morgan fingerprint density at radius 2 is 2.09 bits per heavy atom. The fraction of sp³-hybridized carbons (Fsp3) is 0.500. The average Bonchev–Trinajstić information content (AvgIpc) is 2.87. The Balaban J connectivity index is 1.94. The van der Waals surface area contributed by atoms with Crippen LogP contribution >= 0.6 is 11.6 Å². The molecule has 1 aromatic carbocycles. The van der Waals surface area contributed by atoms with E-state index in [9.17, 15) is 9.59 Å². The van der Waals surface area contributed by atoms with Crippen molar-refractivity contribution in [3.05, 3.63) is 29.3 Å². The summed E-state index contributed by atoms with van der Waals surface area (Å²) >= 11 is 5.90. The number of amides is 1. The zero-order valence-corrected chi connectivity index (χ0v) is 13.4. The van der Waals surface area contributed by atoms with E-state index in [1.165, 1.54) is 0 Å². The van der Waals surface area contributed by atoms with Gasteiger partial charge in [0.05, 0.1) is 5.92 Å². The molecule has 22 heavy (non-hydrogen) atoms. The lowest BCUT2D eigenvalue weighted by molar-refractivity contribution is -0.142. The molecule has 0 bridgehead atoms. The van der Waals surface area contributed by atoms with Gasteiger partial charge in [0.15, 0.2) is 5.60 Å². The molecule has 0 unspecified atom stereocenters. The van der Waals surface area contributed by atoms with E-state index in [2.05, 4.69) is 5.32 Å². The Hall–Kier alpha value is -1.75. The molecule has 0 aromatic heterocycles. The van der Waals surface area contributed by atoms with Crippen LogP contribution in [0, 0.1) is 5.92 Å². The standard InChI is InChI=1S/C16H20ClNO4/c1-16(2,22-13-5-3-4-11(17)9-13)15(21)18-12-7-6-10(8-12)14(19)20/h3-5,9-10,12H,6-8H2,1-2H3,(H,18,21)(H,19,20)/t10-,12+/m0/s1. The summed E-state index contributed by atoms with van der Waals surface area (Å²) in [4.78, 5) is 23.3. The number of carbonyl (C=O) groups excluding carboxylic acids is 1. The molecule has 2 rings (SSSR count). The van der Waals surface area contributed by atoms with Crippen LogP contribution in [0.2, 0.25) is 5.02 Å². The fourth-order valence-electron chi connectivity index (χ4n) is 2.57. The summed E-state index contributed by atoms with van der Waals surface area (Å²) in [5.74, 6) is -0.917. The van der Waals surface area contributed by atoms with Gasteiger partial charge in [-0.2, -0.15) is 0 Å². The van der Waals surface area contributed by atoms with Crippen LogP contribution < -0.4 is 10.1 Å². The molecule has 0 saturated heterocycles. The third kappa shape index (κ3) is 4.13. The highest BCUT2D eigenvalue weighted by Crippen LogP contribution is 2.27. The maximum atomic E-state index is 12.4. The van der Waals surface area contributed by atoms with Gasteiger partial charge >= 0.3 is 5.97 Å². The van der Waals surface area contributed by atoms with Gasteiger partial charge in [0.2, 0.25) is 0 Å². The summed E-state index contributed by atoms with van der Waals surface area (Å²) in [5.41, 5.74) is -1.06. The number of benzene rings is 1. The first-order valence-corrected chi connectivity index (χ1v) is 7.64. The van der Waals surface area contributed by atoms with E-state index in [1.807, 2.05) is 0 Å². The van der Waals surface area contributed by atoms with Gasteiger partial charge in [-0.05, 0) is 51.3 Å². The first-order chi connectivity index (χ1) is 10.3. The van der Waals surface area contributed by atoms with Crippen LogP contribution in [-0.2, 0) is 9.59 Å². The predicted molar refractivity (Wildman–Crippen MR) is 83.1 cm³/mol. The molecule has 0 heterocycles. The van der Waals surface area contributed by atoms with E-state index < -0.39 is 11.6 Å². The summed E-state index contributed by atoms with van der Waals surface area (Å²) < 4.78 is 5.72. The van der Waals surface area contributed by atoms with Gasteiger partial charge in [-0.15, -0.1) is 0 Å². The van der Waals surface area contributed by atoms with Crippen LogP contribution in [0.3, 0.4) is 0 Å². The zero-order valence-electron chi connectivity index (χ0n) is 12.6. The lowest BCUT2D eigenvalue weighted by Crippen LogP contribution is -2.49. The minimum absolute atomic E-state index is 0.115. The second-order valence-corrected chi connectivity index (χ2v) is 6.52. The predicted octanol–water partition coefficient (Wildman–Crippen LogP) is 2.87. The molecule has 1 amide bonds. The van der Waals surface area contributed by atoms with Crippen molar-refractivity contribution < 1.29 is 19.4 Å². The maximum absolute atomic E-state index is 12.4. The number of halogens is 1. The monoisotopic (exact) mass is 325 g/mol. The van der Waals surface area contributed by atoms with Crippen molar-refractivity contribution >= 4 is 23.5 Å². The molecule has 1 saturated carbocycles. The molecule has 2 atom stereocenters. The quantitative estimate of drug-likeness (QED) is 0.872. The lowest BCUT2D eigenvalue weighted by Gasteiger charge is -2.27. The van der Waals surface area contributed by atoms with Crippen LogP contribution in [-0.4, -0.2) is 28.6 Å². The van der Waals surface area contributed by atoms with Gasteiger partial charge in [-0.3, -0.25) is 9.59 Å². The van der Waals surface area contributed by atoms with Crippen LogP contribution in [0.5, 0.6) is 5.75 Å². The third-order valence-corrected chi connectivity index (χ3v) is 4.07. The lowest BCUT2D eigenvalue weighted by atomic mass is 10.1. The van der Waals surface area contributed by atoms with Gasteiger partial charge in [-0.25, -0.2) is 0 Å². The SMILES string of the molecule is CC(C)(Oc1cccc(Cl)c1)C(=O)N[C@@H]1CC[C@H](C(=O)O)C1. The number of hydrogen-bond acceptors (Lipinski definition) is 3. The first-order valence-electron chi connectivity index (χ1n) is 7.26. The summed E-state index contributed by atoms with van der Waals surface area (Å²) in [5, 5.41) is 12.4. The molecule has 1 fully saturated rings. The van der Waals surface area contributed by atoms with Gasteiger partial charge in [0.25, 0.3) is 5.91 Å². The summed E-state index contributed by atoms with van der Waals surface area (Å²) in [6, 6.07) is 6.74.